The van der Waals surface area contributed by atoms with Crippen LogP contribution < -0.4 is 21.9 Å². The van der Waals surface area contributed by atoms with E-state index >= 15 is 0 Å². The summed E-state index contributed by atoms with van der Waals surface area (Å²) in [4.78, 5) is 55.2. The zero-order valence-corrected chi connectivity index (χ0v) is 22.7. The van der Waals surface area contributed by atoms with Gasteiger partial charge < -0.3 is 10.6 Å². The van der Waals surface area contributed by atoms with Gasteiger partial charge in [0.2, 0.25) is 11.8 Å². The van der Waals surface area contributed by atoms with E-state index in [1.807, 2.05) is 13.0 Å². The average molecular weight is 566 g/mol. The average Bonchev–Trinajstić information content (AvgIpc) is 2.91. The van der Waals surface area contributed by atoms with E-state index in [0.717, 1.165) is 20.3 Å². The zero-order chi connectivity index (χ0) is 28.1. The summed E-state index contributed by atoms with van der Waals surface area (Å²) in [6.45, 7) is 1.62. The molecule has 0 unspecified atom stereocenters. The Kier molecular flexibility index (Phi) is 8.63. The maximum atomic E-state index is 12.9. The minimum Gasteiger partial charge on any atom is -0.325 e. The van der Waals surface area contributed by atoms with Crippen LogP contribution in [-0.4, -0.2) is 25.9 Å². The van der Waals surface area contributed by atoms with Gasteiger partial charge in [0.1, 0.15) is 12.4 Å². The smallest absolute Gasteiger partial charge is 0.325 e. The number of nitrogens with zero attached hydrogens (tertiary/aromatic N) is 3. The monoisotopic (exact) mass is 565 g/mol. The SMILES string of the molecule is CCc1ccc(NC(=O)Cn2cc(-c3cccc(Cl)c3Cl)c(=O)n(C)c2=O)cc1CC(=O)Nc1ccccn1. The molecule has 0 saturated carbocycles. The largest absolute Gasteiger partial charge is 0.331 e. The number of halogens is 2. The summed E-state index contributed by atoms with van der Waals surface area (Å²) >= 11 is 12.4. The lowest BCUT2D eigenvalue weighted by molar-refractivity contribution is -0.117. The van der Waals surface area contributed by atoms with Crippen LogP contribution in [0.25, 0.3) is 11.1 Å². The first-order valence-electron chi connectivity index (χ1n) is 12.0. The van der Waals surface area contributed by atoms with Crippen LogP contribution in [0.3, 0.4) is 0 Å². The molecule has 4 rings (SSSR count). The van der Waals surface area contributed by atoms with Gasteiger partial charge in [0.25, 0.3) is 5.56 Å². The molecule has 0 saturated heterocycles. The molecular weight excluding hydrogens is 541 g/mol. The quantitative estimate of drug-likeness (QED) is 0.330. The first-order chi connectivity index (χ1) is 18.7. The number of hydrogen-bond donors (Lipinski definition) is 2. The van der Waals surface area contributed by atoms with Crippen molar-refractivity contribution in [2.24, 2.45) is 7.05 Å². The Labute approximate surface area is 234 Å². The van der Waals surface area contributed by atoms with Crippen molar-refractivity contribution >= 4 is 46.5 Å². The zero-order valence-electron chi connectivity index (χ0n) is 21.2. The summed E-state index contributed by atoms with van der Waals surface area (Å²) in [6.07, 6.45) is 3.68. The van der Waals surface area contributed by atoms with E-state index in [1.165, 1.54) is 13.2 Å². The number of pyridine rings is 1. The second-order valence-electron chi connectivity index (χ2n) is 8.74. The Hall–Kier alpha value is -4.21. The van der Waals surface area contributed by atoms with Crippen LogP contribution >= 0.6 is 23.2 Å². The Bertz CT molecular complexity index is 1670. The number of aromatic nitrogens is 3. The lowest BCUT2D eigenvalue weighted by Crippen LogP contribution is -2.40. The highest BCUT2D eigenvalue weighted by molar-refractivity contribution is 6.43. The highest BCUT2D eigenvalue weighted by Crippen LogP contribution is 2.31. The standard InChI is InChI=1S/C28H25Cl2N5O4/c1-3-17-10-11-19(13-18(17)14-24(36)33-23-9-4-5-12-31-23)32-25(37)16-35-15-21(27(38)34(2)28(35)39)20-7-6-8-22(29)26(20)30/h4-13,15H,3,14,16H2,1-2H3,(H,32,37)(H,31,33,36). The lowest BCUT2D eigenvalue weighted by Gasteiger charge is -2.14. The third-order valence-electron chi connectivity index (χ3n) is 6.06. The number of nitrogens with one attached hydrogen (secondary N) is 2. The summed E-state index contributed by atoms with van der Waals surface area (Å²) in [5, 5.41) is 5.95. The molecule has 2 heterocycles. The summed E-state index contributed by atoms with van der Waals surface area (Å²) in [5.41, 5.74) is 1.43. The minimum atomic E-state index is -0.662. The highest BCUT2D eigenvalue weighted by atomic mass is 35.5. The molecule has 0 bridgehead atoms. The van der Waals surface area contributed by atoms with E-state index in [1.54, 1.807) is 54.7 Å². The number of anilines is 2. The predicted octanol–water partition coefficient (Wildman–Crippen LogP) is 4.30. The van der Waals surface area contributed by atoms with Crippen LogP contribution in [0.5, 0.6) is 0 Å². The molecule has 39 heavy (non-hydrogen) atoms. The fraction of sp³-hybridized carbons (Fsp3) is 0.179. The molecule has 0 fully saturated rings. The normalized spacial score (nSPS) is 10.8. The van der Waals surface area contributed by atoms with Gasteiger partial charge in [-0.25, -0.2) is 9.78 Å². The minimum absolute atomic E-state index is 0.0907. The van der Waals surface area contributed by atoms with Crippen LogP contribution in [0.1, 0.15) is 18.1 Å². The highest BCUT2D eigenvalue weighted by Gasteiger charge is 2.17. The van der Waals surface area contributed by atoms with Gasteiger partial charge in [0.05, 0.1) is 22.0 Å². The van der Waals surface area contributed by atoms with Crippen molar-refractivity contribution in [1.29, 1.82) is 0 Å². The van der Waals surface area contributed by atoms with E-state index < -0.39 is 17.2 Å². The molecule has 2 aromatic carbocycles. The van der Waals surface area contributed by atoms with Crippen molar-refractivity contribution in [2.75, 3.05) is 10.6 Å². The fourth-order valence-electron chi connectivity index (χ4n) is 4.10. The van der Waals surface area contributed by atoms with Crippen molar-refractivity contribution in [3.63, 3.8) is 0 Å². The van der Waals surface area contributed by atoms with E-state index in [2.05, 4.69) is 15.6 Å². The number of aryl methyl sites for hydroxylation is 1. The van der Waals surface area contributed by atoms with Gasteiger partial charge in [-0.2, -0.15) is 0 Å². The Morgan fingerprint density at radius 1 is 0.923 bits per heavy atom. The number of hydrogen-bond acceptors (Lipinski definition) is 5. The predicted molar refractivity (Wildman–Crippen MR) is 152 cm³/mol. The molecule has 0 spiro atoms. The summed E-state index contributed by atoms with van der Waals surface area (Å²) in [6, 6.07) is 15.4. The number of carbonyl (C=O) groups is 2. The van der Waals surface area contributed by atoms with Crippen LogP contribution in [-0.2, 0) is 36.0 Å². The van der Waals surface area contributed by atoms with Crippen molar-refractivity contribution in [1.82, 2.24) is 14.1 Å². The van der Waals surface area contributed by atoms with Crippen molar-refractivity contribution in [2.45, 2.75) is 26.3 Å². The van der Waals surface area contributed by atoms with E-state index in [0.29, 0.717) is 23.5 Å². The number of amides is 2. The van der Waals surface area contributed by atoms with E-state index in [-0.39, 0.29) is 34.5 Å². The Morgan fingerprint density at radius 2 is 1.72 bits per heavy atom. The molecule has 4 aromatic rings. The second kappa shape index (κ2) is 12.1. The number of benzene rings is 2. The molecule has 0 aliphatic carbocycles. The van der Waals surface area contributed by atoms with Crippen LogP contribution in [0.2, 0.25) is 10.0 Å². The van der Waals surface area contributed by atoms with E-state index in [9.17, 15) is 19.2 Å². The first kappa shape index (κ1) is 27.8. The summed E-state index contributed by atoms with van der Waals surface area (Å²) in [7, 11) is 1.33. The van der Waals surface area contributed by atoms with Gasteiger partial charge in [-0.3, -0.25) is 23.5 Å². The molecule has 200 valence electrons. The number of carbonyl (C=O) groups excluding carboxylic acids is 2. The van der Waals surface area contributed by atoms with Gasteiger partial charge in [-0.15, -0.1) is 0 Å². The van der Waals surface area contributed by atoms with Crippen LogP contribution in [0, 0.1) is 0 Å². The van der Waals surface area contributed by atoms with Crippen molar-refractivity contribution in [3.05, 3.63) is 109 Å². The van der Waals surface area contributed by atoms with Crippen LogP contribution in [0.4, 0.5) is 11.5 Å². The third kappa shape index (κ3) is 6.45. The Morgan fingerprint density at radius 3 is 2.44 bits per heavy atom. The molecule has 11 heteroatoms. The molecule has 9 nitrogen and oxygen atoms in total. The maximum Gasteiger partial charge on any atom is 0.331 e. The lowest BCUT2D eigenvalue weighted by atomic mass is 10.0. The van der Waals surface area contributed by atoms with Crippen molar-refractivity contribution < 1.29 is 9.59 Å². The molecule has 2 aromatic heterocycles. The molecule has 0 radical (unpaired) electrons. The molecule has 2 amide bonds. The van der Waals surface area contributed by atoms with Gasteiger partial charge in [0, 0.05) is 30.7 Å². The summed E-state index contributed by atoms with van der Waals surface area (Å²) < 4.78 is 2.04. The first-order valence-corrected chi connectivity index (χ1v) is 12.8. The molecule has 2 N–H and O–H groups in total. The number of rotatable bonds is 8. The van der Waals surface area contributed by atoms with Crippen LogP contribution in [0.15, 0.2) is 76.6 Å². The fourth-order valence-corrected chi connectivity index (χ4v) is 4.50. The molecule has 0 atom stereocenters. The van der Waals surface area contributed by atoms with Gasteiger partial charge in [-0.05, 0) is 47.9 Å². The maximum absolute atomic E-state index is 12.9. The molecule has 0 aliphatic heterocycles. The van der Waals surface area contributed by atoms with Gasteiger partial charge >= 0.3 is 5.69 Å². The second-order valence-corrected chi connectivity index (χ2v) is 9.53. The molecular formula is C28H25Cl2N5O4. The van der Waals surface area contributed by atoms with E-state index in [4.69, 9.17) is 23.2 Å². The Balaban J connectivity index is 1.55. The van der Waals surface area contributed by atoms with Gasteiger partial charge in [0.15, 0.2) is 0 Å². The summed E-state index contributed by atoms with van der Waals surface area (Å²) in [5.74, 6) is -0.283. The molecule has 0 aliphatic rings. The van der Waals surface area contributed by atoms with Gasteiger partial charge in [-0.1, -0.05) is 54.4 Å². The topological polar surface area (TPSA) is 115 Å². The van der Waals surface area contributed by atoms with Crippen molar-refractivity contribution in [3.8, 4) is 11.1 Å². The third-order valence-corrected chi connectivity index (χ3v) is 6.88.